The van der Waals surface area contributed by atoms with Crippen LogP contribution in [0, 0.1) is 0 Å². The summed E-state index contributed by atoms with van der Waals surface area (Å²) in [6, 6.07) is 17.8. The van der Waals surface area contributed by atoms with Gasteiger partial charge in [0.25, 0.3) is 11.8 Å². The second-order valence-electron chi connectivity index (χ2n) is 7.35. The van der Waals surface area contributed by atoms with Crippen LogP contribution in [0.5, 0.6) is 11.5 Å². The van der Waals surface area contributed by atoms with Gasteiger partial charge >= 0.3 is 0 Å². The van der Waals surface area contributed by atoms with Crippen molar-refractivity contribution >= 4 is 84.4 Å². The van der Waals surface area contributed by atoms with Gasteiger partial charge in [-0.25, -0.2) is 0 Å². The van der Waals surface area contributed by atoms with Gasteiger partial charge in [-0.05, 0) is 82.3 Å². The SMILES string of the molecule is COc1cc(/C=C2/C(=O)NC(=S)N(c3ccc(Br)cc3)C2=O)cc(Br)c1OCc1ccccc1Cl. The molecule has 3 aromatic rings. The number of nitrogens with zero attached hydrogens (tertiary/aromatic N) is 1. The number of ether oxygens (including phenoxy) is 2. The van der Waals surface area contributed by atoms with Crippen LogP contribution in [-0.4, -0.2) is 24.0 Å². The molecule has 0 spiro atoms. The summed E-state index contributed by atoms with van der Waals surface area (Å²) in [4.78, 5) is 27.2. The molecule has 1 aliphatic rings. The first-order valence-corrected chi connectivity index (χ1v) is 12.6. The number of amides is 2. The van der Waals surface area contributed by atoms with Gasteiger partial charge in [0.15, 0.2) is 16.6 Å². The van der Waals surface area contributed by atoms with Crippen molar-refractivity contribution in [1.82, 2.24) is 5.32 Å². The van der Waals surface area contributed by atoms with Crippen molar-refractivity contribution in [3.05, 3.63) is 91.3 Å². The Morgan fingerprint density at radius 2 is 1.80 bits per heavy atom. The first kappa shape index (κ1) is 25.4. The molecular weight excluding hydrogens is 620 g/mol. The van der Waals surface area contributed by atoms with E-state index in [4.69, 9.17) is 33.3 Å². The van der Waals surface area contributed by atoms with Crippen LogP contribution in [0.3, 0.4) is 0 Å². The maximum absolute atomic E-state index is 13.3. The van der Waals surface area contributed by atoms with Crippen molar-refractivity contribution in [2.75, 3.05) is 12.0 Å². The lowest BCUT2D eigenvalue weighted by atomic mass is 10.1. The average Bonchev–Trinajstić information content (AvgIpc) is 2.83. The van der Waals surface area contributed by atoms with E-state index in [0.717, 1.165) is 10.0 Å². The van der Waals surface area contributed by atoms with Gasteiger partial charge in [-0.15, -0.1) is 0 Å². The Kier molecular flexibility index (Phi) is 7.91. The molecule has 178 valence electrons. The Morgan fingerprint density at radius 1 is 1.09 bits per heavy atom. The molecule has 0 atom stereocenters. The standard InChI is InChI=1S/C25H17Br2ClN2O4S/c1-33-21-12-14(11-19(27)22(21)34-13-15-4-2-3-5-20(15)28)10-18-23(31)29-25(35)30(24(18)32)17-8-6-16(26)7-9-17/h2-12H,13H2,1H3,(H,29,31,35)/b18-10-. The number of rotatable bonds is 6. The van der Waals surface area contributed by atoms with Gasteiger partial charge in [-0.3, -0.25) is 19.8 Å². The highest BCUT2D eigenvalue weighted by atomic mass is 79.9. The quantitative estimate of drug-likeness (QED) is 0.196. The number of halogens is 3. The van der Waals surface area contributed by atoms with Crippen LogP contribution >= 0.6 is 55.7 Å². The minimum absolute atomic E-state index is 0.0153. The molecule has 0 unspecified atom stereocenters. The van der Waals surface area contributed by atoms with E-state index in [0.29, 0.717) is 32.2 Å². The molecule has 0 bridgehead atoms. The number of hydrogen-bond donors (Lipinski definition) is 1. The van der Waals surface area contributed by atoms with E-state index in [1.807, 2.05) is 18.2 Å². The summed E-state index contributed by atoms with van der Waals surface area (Å²) in [7, 11) is 1.51. The predicted octanol–water partition coefficient (Wildman–Crippen LogP) is 6.28. The summed E-state index contributed by atoms with van der Waals surface area (Å²) in [6.45, 7) is 0.232. The van der Waals surface area contributed by atoms with Crippen molar-refractivity contribution < 1.29 is 19.1 Å². The Hall–Kier alpha value is -2.72. The molecule has 0 radical (unpaired) electrons. The summed E-state index contributed by atoms with van der Waals surface area (Å²) in [6.07, 6.45) is 1.48. The van der Waals surface area contributed by atoms with Gasteiger partial charge in [-0.1, -0.05) is 45.7 Å². The fourth-order valence-electron chi connectivity index (χ4n) is 3.38. The van der Waals surface area contributed by atoms with Crippen LogP contribution in [0.1, 0.15) is 11.1 Å². The average molecular weight is 637 g/mol. The number of hydrogen-bond acceptors (Lipinski definition) is 5. The molecule has 10 heteroatoms. The monoisotopic (exact) mass is 634 g/mol. The van der Waals surface area contributed by atoms with Crippen LogP contribution in [0.15, 0.2) is 75.2 Å². The van der Waals surface area contributed by atoms with Gasteiger partial charge in [0.1, 0.15) is 12.2 Å². The van der Waals surface area contributed by atoms with Gasteiger partial charge in [0, 0.05) is 15.1 Å². The van der Waals surface area contributed by atoms with Crippen LogP contribution in [0.2, 0.25) is 5.02 Å². The first-order valence-electron chi connectivity index (χ1n) is 10.2. The van der Waals surface area contributed by atoms with E-state index in [9.17, 15) is 9.59 Å². The summed E-state index contributed by atoms with van der Waals surface area (Å²) in [5.41, 5.74) is 1.85. The third kappa shape index (κ3) is 5.59. The molecule has 1 N–H and O–H groups in total. The van der Waals surface area contributed by atoms with Gasteiger partial charge in [0.2, 0.25) is 0 Å². The molecule has 1 saturated heterocycles. The van der Waals surface area contributed by atoms with Crippen LogP contribution in [-0.2, 0) is 16.2 Å². The molecule has 1 heterocycles. The van der Waals surface area contributed by atoms with Gasteiger partial charge in [-0.2, -0.15) is 0 Å². The molecule has 2 amide bonds. The topological polar surface area (TPSA) is 67.9 Å². The van der Waals surface area contributed by atoms with Crippen molar-refractivity contribution in [3.63, 3.8) is 0 Å². The van der Waals surface area contributed by atoms with Gasteiger partial charge in [0.05, 0.1) is 17.3 Å². The number of methoxy groups -OCH3 is 1. The van der Waals surface area contributed by atoms with Crippen molar-refractivity contribution in [1.29, 1.82) is 0 Å². The lowest BCUT2D eigenvalue weighted by Gasteiger charge is -2.29. The molecular formula is C25H17Br2ClN2O4S. The largest absolute Gasteiger partial charge is 0.493 e. The summed E-state index contributed by atoms with van der Waals surface area (Å²) in [5.74, 6) is -0.230. The molecule has 1 aliphatic heterocycles. The van der Waals surface area contributed by atoms with E-state index < -0.39 is 11.8 Å². The van der Waals surface area contributed by atoms with Crippen LogP contribution in [0.25, 0.3) is 6.08 Å². The van der Waals surface area contributed by atoms with Crippen molar-refractivity contribution in [2.24, 2.45) is 0 Å². The Bertz CT molecular complexity index is 1360. The second kappa shape index (κ2) is 10.9. The highest BCUT2D eigenvalue weighted by molar-refractivity contribution is 9.10. The fourth-order valence-corrected chi connectivity index (χ4v) is 4.69. The van der Waals surface area contributed by atoms with Crippen molar-refractivity contribution in [2.45, 2.75) is 6.61 Å². The predicted molar refractivity (Wildman–Crippen MR) is 147 cm³/mol. The highest BCUT2D eigenvalue weighted by Crippen LogP contribution is 2.38. The zero-order valence-electron chi connectivity index (χ0n) is 18.2. The number of anilines is 1. The Labute approximate surface area is 229 Å². The van der Waals surface area contributed by atoms with Gasteiger partial charge < -0.3 is 9.47 Å². The number of carbonyl (C=O) groups excluding carboxylic acids is 2. The number of thiocarbonyl (C=S) groups is 1. The maximum atomic E-state index is 13.3. The molecule has 0 saturated carbocycles. The smallest absolute Gasteiger partial charge is 0.270 e. The van der Waals surface area contributed by atoms with Crippen molar-refractivity contribution in [3.8, 4) is 11.5 Å². The third-order valence-corrected chi connectivity index (χ3v) is 6.85. The lowest BCUT2D eigenvalue weighted by Crippen LogP contribution is -2.54. The summed E-state index contributed by atoms with van der Waals surface area (Å²) >= 11 is 18.3. The lowest BCUT2D eigenvalue weighted by molar-refractivity contribution is -0.122. The van der Waals surface area contributed by atoms with E-state index in [-0.39, 0.29) is 17.3 Å². The fraction of sp³-hybridized carbons (Fsp3) is 0.0800. The summed E-state index contributed by atoms with van der Waals surface area (Å²) < 4.78 is 12.9. The zero-order valence-corrected chi connectivity index (χ0v) is 22.9. The molecule has 35 heavy (non-hydrogen) atoms. The number of benzene rings is 3. The number of carbonyl (C=O) groups is 2. The second-order valence-corrected chi connectivity index (χ2v) is 9.91. The first-order chi connectivity index (χ1) is 16.8. The molecule has 0 aliphatic carbocycles. The highest BCUT2D eigenvalue weighted by Gasteiger charge is 2.34. The van der Waals surface area contributed by atoms with E-state index in [1.165, 1.54) is 18.1 Å². The molecule has 0 aromatic heterocycles. The van der Waals surface area contributed by atoms with E-state index in [1.54, 1.807) is 42.5 Å². The minimum atomic E-state index is -0.581. The Balaban J connectivity index is 1.64. The normalized spacial score (nSPS) is 14.8. The molecule has 4 rings (SSSR count). The number of nitrogens with one attached hydrogen (secondary N) is 1. The molecule has 1 fully saturated rings. The van der Waals surface area contributed by atoms with E-state index in [2.05, 4.69) is 37.2 Å². The Morgan fingerprint density at radius 3 is 2.49 bits per heavy atom. The molecule has 6 nitrogen and oxygen atoms in total. The third-order valence-electron chi connectivity index (χ3n) is 5.08. The zero-order chi connectivity index (χ0) is 25.1. The van der Waals surface area contributed by atoms with Crippen LogP contribution in [0.4, 0.5) is 5.69 Å². The molecule has 3 aromatic carbocycles. The minimum Gasteiger partial charge on any atom is -0.493 e. The summed E-state index contributed by atoms with van der Waals surface area (Å²) in [5, 5.41) is 3.19. The van der Waals surface area contributed by atoms with E-state index >= 15 is 0 Å². The maximum Gasteiger partial charge on any atom is 0.270 e. The van der Waals surface area contributed by atoms with Crippen LogP contribution < -0.4 is 19.7 Å².